The van der Waals surface area contributed by atoms with E-state index in [9.17, 15) is 9.59 Å². The van der Waals surface area contributed by atoms with Crippen molar-refractivity contribution in [2.24, 2.45) is 0 Å². The topological polar surface area (TPSA) is 61.9 Å². The van der Waals surface area contributed by atoms with Crippen LogP contribution in [-0.4, -0.2) is 60.1 Å². The highest BCUT2D eigenvalue weighted by Crippen LogP contribution is 2.27. The number of imide groups is 1. The van der Waals surface area contributed by atoms with Gasteiger partial charge in [-0.3, -0.25) is 9.69 Å². The quantitative estimate of drug-likeness (QED) is 0.459. The Balaban J connectivity index is 0.00000210. The number of nitrogens with zero attached hydrogens (tertiary/aromatic N) is 2. The molecule has 3 aliphatic rings. The third-order valence-corrected chi connectivity index (χ3v) is 5.37. The highest BCUT2D eigenvalue weighted by atomic mass is 35.5. The predicted molar refractivity (Wildman–Crippen MR) is 105 cm³/mol. The fourth-order valence-electron chi connectivity index (χ4n) is 3.96. The van der Waals surface area contributed by atoms with Crippen molar-refractivity contribution in [3.8, 4) is 5.75 Å². The largest absolute Gasteiger partial charge is 0.489 e. The van der Waals surface area contributed by atoms with Gasteiger partial charge in [-0.1, -0.05) is 30.4 Å². The van der Waals surface area contributed by atoms with Gasteiger partial charge in [0.05, 0.1) is 0 Å². The SMILES string of the molecule is Cl.O=C1C2CCCN2C(=O)N1C/C=C/CNCC1CCc2ccccc2O1. The van der Waals surface area contributed by atoms with Gasteiger partial charge in [0, 0.05) is 26.2 Å². The summed E-state index contributed by atoms with van der Waals surface area (Å²) < 4.78 is 6.00. The lowest BCUT2D eigenvalue weighted by Gasteiger charge is -2.26. The fraction of sp³-hybridized carbons (Fsp3) is 0.500. The van der Waals surface area contributed by atoms with Crippen LogP contribution in [0.2, 0.25) is 0 Å². The molecule has 0 aromatic heterocycles. The average Bonchev–Trinajstić information content (AvgIpc) is 3.23. The van der Waals surface area contributed by atoms with E-state index in [1.165, 1.54) is 10.5 Å². The van der Waals surface area contributed by atoms with Crippen molar-refractivity contribution in [3.05, 3.63) is 42.0 Å². The number of carbonyl (C=O) groups is 2. The molecule has 1 aromatic rings. The third-order valence-electron chi connectivity index (χ3n) is 5.37. The van der Waals surface area contributed by atoms with Crippen molar-refractivity contribution in [1.82, 2.24) is 15.1 Å². The maximum Gasteiger partial charge on any atom is 0.327 e. The van der Waals surface area contributed by atoms with Crippen LogP contribution in [0.1, 0.15) is 24.8 Å². The van der Waals surface area contributed by atoms with Gasteiger partial charge in [0.1, 0.15) is 17.9 Å². The van der Waals surface area contributed by atoms with E-state index in [0.717, 1.165) is 38.0 Å². The zero-order chi connectivity index (χ0) is 17.9. The van der Waals surface area contributed by atoms with Gasteiger partial charge in [-0.15, -0.1) is 12.4 Å². The summed E-state index contributed by atoms with van der Waals surface area (Å²) in [5.74, 6) is 0.951. The van der Waals surface area contributed by atoms with E-state index in [-0.39, 0.29) is 36.5 Å². The summed E-state index contributed by atoms with van der Waals surface area (Å²) in [4.78, 5) is 27.5. The highest BCUT2D eigenvalue weighted by molar-refractivity contribution is 6.04. The van der Waals surface area contributed by atoms with Gasteiger partial charge in [-0.05, 0) is 37.3 Å². The number of rotatable bonds is 6. The number of hydrogen-bond acceptors (Lipinski definition) is 4. The number of halogens is 1. The van der Waals surface area contributed by atoms with Crippen molar-refractivity contribution in [2.45, 2.75) is 37.8 Å². The molecule has 0 saturated carbocycles. The maximum atomic E-state index is 12.2. The second-order valence-corrected chi connectivity index (χ2v) is 7.10. The van der Waals surface area contributed by atoms with Crippen LogP contribution in [-0.2, 0) is 11.2 Å². The molecule has 3 aliphatic heterocycles. The van der Waals surface area contributed by atoms with Crippen LogP contribution in [0.3, 0.4) is 0 Å². The Labute approximate surface area is 165 Å². The molecule has 1 aromatic carbocycles. The van der Waals surface area contributed by atoms with Gasteiger partial charge < -0.3 is 15.0 Å². The summed E-state index contributed by atoms with van der Waals surface area (Å²) in [7, 11) is 0. The Hall–Kier alpha value is -2.05. The number of aryl methyl sites for hydroxylation is 1. The third kappa shape index (κ3) is 4.12. The molecule has 0 aliphatic carbocycles. The van der Waals surface area contributed by atoms with E-state index in [0.29, 0.717) is 19.6 Å². The lowest BCUT2D eigenvalue weighted by atomic mass is 10.0. The molecule has 3 heterocycles. The molecule has 146 valence electrons. The average molecular weight is 392 g/mol. The Morgan fingerprint density at radius 2 is 2.04 bits per heavy atom. The maximum absolute atomic E-state index is 12.2. The minimum atomic E-state index is -0.208. The van der Waals surface area contributed by atoms with Crippen molar-refractivity contribution >= 4 is 24.3 Å². The minimum Gasteiger partial charge on any atom is -0.489 e. The number of carbonyl (C=O) groups excluding carboxylic acids is 2. The predicted octanol–water partition coefficient (Wildman–Crippen LogP) is 2.37. The second kappa shape index (κ2) is 8.76. The summed E-state index contributed by atoms with van der Waals surface area (Å²) in [6, 6.07) is 7.85. The van der Waals surface area contributed by atoms with Crippen molar-refractivity contribution in [1.29, 1.82) is 0 Å². The standard InChI is InChI=1S/C20H25N3O3.ClH/c24-19-17-7-5-13-22(17)20(25)23(19)12-4-3-11-21-14-16-10-9-15-6-1-2-8-18(15)26-16;/h1-4,6,8,16-17,21H,5,7,9-14H2;1H/b4-3+;. The molecule has 2 fully saturated rings. The normalized spacial score (nSPS) is 24.0. The second-order valence-electron chi connectivity index (χ2n) is 7.10. The lowest BCUT2D eigenvalue weighted by Crippen LogP contribution is -2.34. The van der Waals surface area contributed by atoms with Gasteiger partial charge in [0.15, 0.2) is 0 Å². The summed E-state index contributed by atoms with van der Waals surface area (Å²) in [5.41, 5.74) is 1.28. The fourth-order valence-corrected chi connectivity index (χ4v) is 3.96. The molecule has 6 nitrogen and oxygen atoms in total. The zero-order valence-corrected chi connectivity index (χ0v) is 16.1. The van der Waals surface area contributed by atoms with E-state index < -0.39 is 0 Å². The van der Waals surface area contributed by atoms with E-state index >= 15 is 0 Å². The summed E-state index contributed by atoms with van der Waals surface area (Å²) in [5, 5.41) is 3.36. The first-order chi connectivity index (χ1) is 12.7. The van der Waals surface area contributed by atoms with Crippen LogP contribution >= 0.6 is 12.4 Å². The first-order valence-corrected chi connectivity index (χ1v) is 9.46. The van der Waals surface area contributed by atoms with Gasteiger partial charge in [-0.2, -0.15) is 0 Å². The summed E-state index contributed by atoms with van der Waals surface area (Å²) in [6.45, 7) is 2.56. The van der Waals surface area contributed by atoms with Gasteiger partial charge in [0.2, 0.25) is 0 Å². The zero-order valence-electron chi connectivity index (χ0n) is 15.3. The number of nitrogens with one attached hydrogen (secondary N) is 1. The molecule has 4 rings (SSSR count). The molecule has 2 saturated heterocycles. The van der Waals surface area contributed by atoms with Crippen molar-refractivity contribution in [2.75, 3.05) is 26.2 Å². The molecule has 27 heavy (non-hydrogen) atoms. The van der Waals surface area contributed by atoms with Gasteiger partial charge >= 0.3 is 6.03 Å². The number of benzene rings is 1. The Morgan fingerprint density at radius 1 is 1.19 bits per heavy atom. The van der Waals surface area contributed by atoms with Crippen molar-refractivity contribution in [3.63, 3.8) is 0 Å². The van der Waals surface area contributed by atoms with Crippen LogP contribution in [0.4, 0.5) is 4.79 Å². The number of ether oxygens (including phenoxy) is 1. The molecule has 0 bridgehead atoms. The van der Waals surface area contributed by atoms with Crippen LogP contribution < -0.4 is 10.1 Å². The number of urea groups is 1. The Morgan fingerprint density at radius 3 is 2.89 bits per heavy atom. The summed E-state index contributed by atoms with van der Waals surface area (Å²) in [6.07, 6.45) is 7.85. The van der Waals surface area contributed by atoms with E-state index in [1.54, 1.807) is 4.90 Å². The van der Waals surface area contributed by atoms with Crippen molar-refractivity contribution < 1.29 is 14.3 Å². The first-order valence-electron chi connectivity index (χ1n) is 9.46. The van der Waals surface area contributed by atoms with Crippen LogP contribution in [0.15, 0.2) is 36.4 Å². The molecule has 2 atom stereocenters. The summed E-state index contributed by atoms with van der Waals surface area (Å²) >= 11 is 0. The molecule has 2 unspecified atom stereocenters. The lowest BCUT2D eigenvalue weighted by molar-refractivity contribution is -0.127. The Bertz CT molecular complexity index is 702. The van der Waals surface area contributed by atoms with E-state index in [2.05, 4.69) is 11.4 Å². The highest BCUT2D eigenvalue weighted by Gasteiger charge is 2.46. The van der Waals surface area contributed by atoms with Crippen LogP contribution in [0, 0.1) is 0 Å². The van der Waals surface area contributed by atoms with Crippen LogP contribution in [0.25, 0.3) is 0 Å². The smallest absolute Gasteiger partial charge is 0.327 e. The molecule has 0 radical (unpaired) electrons. The molecule has 0 spiro atoms. The number of hydrogen-bond donors (Lipinski definition) is 1. The first kappa shape index (κ1) is 19.7. The molecule has 1 N–H and O–H groups in total. The molecule has 3 amide bonds. The van der Waals surface area contributed by atoms with Crippen LogP contribution in [0.5, 0.6) is 5.75 Å². The number of fused-ring (bicyclic) bond motifs is 2. The monoisotopic (exact) mass is 391 g/mol. The molecule has 7 heteroatoms. The number of amides is 3. The molecular weight excluding hydrogens is 366 g/mol. The van der Waals surface area contributed by atoms with Gasteiger partial charge in [0.25, 0.3) is 5.91 Å². The van der Waals surface area contributed by atoms with Gasteiger partial charge in [-0.25, -0.2) is 4.79 Å². The molecular formula is C20H26ClN3O3. The Kier molecular flexibility index (Phi) is 6.39. The van der Waals surface area contributed by atoms with E-state index in [4.69, 9.17) is 4.74 Å². The van der Waals surface area contributed by atoms with E-state index in [1.807, 2.05) is 30.4 Å². The minimum absolute atomic E-state index is 0. The number of para-hydroxylation sites is 1.